The molecule has 0 aliphatic rings. The number of rotatable bonds is 7. The molecule has 0 fully saturated rings. The van der Waals surface area contributed by atoms with Gasteiger partial charge in [-0.15, -0.1) is 0 Å². The molecular formula is C10H17N5O3. The van der Waals surface area contributed by atoms with E-state index < -0.39 is 4.92 Å². The average Bonchev–Trinajstić information content (AvgIpc) is 2.34. The van der Waals surface area contributed by atoms with Gasteiger partial charge in [0.2, 0.25) is 5.88 Å². The first-order chi connectivity index (χ1) is 8.52. The van der Waals surface area contributed by atoms with Crippen molar-refractivity contribution >= 4 is 11.5 Å². The average molecular weight is 255 g/mol. The van der Waals surface area contributed by atoms with E-state index in [0.29, 0.717) is 6.61 Å². The zero-order valence-corrected chi connectivity index (χ0v) is 10.4. The molecule has 18 heavy (non-hydrogen) atoms. The maximum atomic E-state index is 10.7. The molecule has 1 aromatic rings. The first-order valence-electron chi connectivity index (χ1n) is 5.43. The highest BCUT2D eigenvalue weighted by Gasteiger charge is 2.11. The molecule has 0 aliphatic carbocycles. The molecule has 8 nitrogen and oxygen atoms in total. The van der Waals surface area contributed by atoms with Gasteiger partial charge in [-0.3, -0.25) is 10.1 Å². The first kappa shape index (κ1) is 14.1. The molecule has 1 heterocycles. The van der Waals surface area contributed by atoms with Crippen molar-refractivity contribution < 1.29 is 9.66 Å². The molecule has 0 atom stereocenters. The van der Waals surface area contributed by atoms with Crippen LogP contribution in [0.25, 0.3) is 0 Å². The predicted octanol–water partition coefficient (Wildman–Crippen LogP) is 0.606. The Balaban J connectivity index is 2.64. The zero-order chi connectivity index (χ0) is 13.5. The Morgan fingerprint density at radius 1 is 1.56 bits per heavy atom. The molecule has 8 heteroatoms. The van der Waals surface area contributed by atoms with Crippen LogP contribution in [0.5, 0.6) is 5.88 Å². The smallest absolute Gasteiger partial charge is 0.278 e. The quantitative estimate of drug-likeness (QED) is 0.318. The van der Waals surface area contributed by atoms with E-state index in [9.17, 15) is 10.1 Å². The number of anilines is 1. The second kappa shape index (κ2) is 6.72. The van der Waals surface area contributed by atoms with Crippen LogP contribution in [0.1, 0.15) is 6.42 Å². The fourth-order valence-electron chi connectivity index (χ4n) is 1.30. The second-order valence-electron chi connectivity index (χ2n) is 3.96. The summed E-state index contributed by atoms with van der Waals surface area (Å²) in [6.07, 6.45) is 0.808. The minimum Gasteiger partial charge on any atom is -0.477 e. The number of nitrogen functional groups attached to an aromatic ring is 1. The summed E-state index contributed by atoms with van der Waals surface area (Å²) in [7, 11) is 3.92. The van der Waals surface area contributed by atoms with Crippen LogP contribution in [0.3, 0.4) is 0 Å². The summed E-state index contributed by atoms with van der Waals surface area (Å²) in [5, 5.41) is 10.7. The molecular weight excluding hydrogens is 238 g/mol. The van der Waals surface area contributed by atoms with Gasteiger partial charge in [0.25, 0.3) is 5.69 Å². The third-order valence-corrected chi connectivity index (χ3v) is 2.14. The molecule has 0 amide bonds. The van der Waals surface area contributed by atoms with Gasteiger partial charge in [-0.1, -0.05) is 0 Å². The van der Waals surface area contributed by atoms with Crippen LogP contribution in [0.15, 0.2) is 12.1 Å². The van der Waals surface area contributed by atoms with E-state index in [2.05, 4.69) is 10.4 Å². The molecule has 0 spiro atoms. The molecule has 3 N–H and O–H groups in total. The number of aromatic nitrogens is 1. The van der Waals surface area contributed by atoms with Crippen molar-refractivity contribution in [3.63, 3.8) is 0 Å². The molecule has 0 unspecified atom stereocenters. The van der Waals surface area contributed by atoms with E-state index >= 15 is 0 Å². The lowest BCUT2D eigenvalue weighted by Gasteiger charge is -2.10. The van der Waals surface area contributed by atoms with Gasteiger partial charge >= 0.3 is 0 Å². The summed E-state index contributed by atoms with van der Waals surface area (Å²) in [5.41, 5.74) is 2.16. The predicted molar refractivity (Wildman–Crippen MR) is 67.4 cm³/mol. The Morgan fingerprint density at radius 2 is 2.28 bits per heavy atom. The van der Waals surface area contributed by atoms with Gasteiger partial charge in [-0.05, 0) is 20.5 Å². The third kappa shape index (κ3) is 4.52. The standard InChI is InChI=1S/C10H17N5O3/c1-14(2)4-3-5-18-10-7-8(15(16)17)6-9(12-10)13-11/h6-7H,3-5,11H2,1-2H3,(H,12,13). The first-order valence-corrected chi connectivity index (χ1v) is 5.43. The van der Waals surface area contributed by atoms with Crippen LogP contribution in [0.4, 0.5) is 11.5 Å². The van der Waals surface area contributed by atoms with Gasteiger partial charge in [0.1, 0.15) is 0 Å². The number of nitro groups is 1. The Labute approximate surface area is 105 Å². The Morgan fingerprint density at radius 3 is 2.83 bits per heavy atom. The normalized spacial score (nSPS) is 10.4. The summed E-state index contributed by atoms with van der Waals surface area (Å²) < 4.78 is 5.35. The number of nitrogens with zero attached hydrogens (tertiary/aromatic N) is 3. The van der Waals surface area contributed by atoms with Gasteiger partial charge in [0.15, 0.2) is 5.82 Å². The number of pyridine rings is 1. The Bertz CT molecular complexity index is 410. The number of nitrogens with one attached hydrogen (secondary N) is 1. The van der Waals surface area contributed by atoms with Gasteiger partial charge in [0.05, 0.1) is 23.7 Å². The van der Waals surface area contributed by atoms with Crippen molar-refractivity contribution in [3.05, 3.63) is 22.2 Å². The highest BCUT2D eigenvalue weighted by Crippen LogP contribution is 2.21. The van der Waals surface area contributed by atoms with E-state index in [1.165, 1.54) is 12.1 Å². The fraction of sp³-hybridized carbons (Fsp3) is 0.500. The molecule has 0 saturated heterocycles. The third-order valence-electron chi connectivity index (χ3n) is 2.14. The molecule has 1 aromatic heterocycles. The summed E-state index contributed by atoms with van der Waals surface area (Å²) in [4.78, 5) is 16.2. The van der Waals surface area contributed by atoms with Gasteiger partial charge < -0.3 is 15.1 Å². The van der Waals surface area contributed by atoms with Crippen LogP contribution in [-0.4, -0.2) is 42.1 Å². The molecule has 0 aliphatic heterocycles. The molecule has 0 bridgehead atoms. The van der Waals surface area contributed by atoms with Crippen LogP contribution in [0.2, 0.25) is 0 Å². The van der Waals surface area contributed by atoms with Crippen molar-refractivity contribution in [2.45, 2.75) is 6.42 Å². The van der Waals surface area contributed by atoms with Crippen molar-refractivity contribution in [2.75, 3.05) is 32.7 Å². The lowest BCUT2D eigenvalue weighted by molar-refractivity contribution is -0.384. The van der Waals surface area contributed by atoms with Crippen molar-refractivity contribution in [1.29, 1.82) is 0 Å². The maximum Gasteiger partial charge on any atom is 0.278 e. The van der Waals surface area contributed by atoms with Crippen LogP contribution >= 0.6 is 0 Å². The SMILES string of the molecule is CN(C)CCCOc1cc([N+](=O)[O-])cc(NN)n1. The zero-order valence-electron chi connectivity index (χ0n) is 10.4. The summed E-state index contributed by atoms with van der Waals surface area (Å²) in [6, 6.07) is 2.52. The monoisotopic (exact) mass is 255 g/mol. The van der Waals surface area contributed by atoms with Crippen molar-refractivity contribution in [1.82, 2.24) is 9.88 Å². The van der Waals surface area contributed by atoms with Crippen molar-refractivity contribution in [2.24, 2.45) is 5.84 Å². The Hall–Kier alpha value is -1.93. The van der Waals surface area contributed by atoms with E-state index in [0.717, 1.165) is 13.0 Å². The summed E-state index contributed by atoms with van der Waals surface area (Å²) in [6.45, 7) is 1.31. The number of hydrogen-bond acceptors (Lipinski definition) is 7. The maximum absolute atomic E-state index is 10.7. The molecule has 0 aromatic carbocycles. The lowest BCUT2D eigenvalue weighted by Crippen LogP contribution is -2.16. The summed E-state index contributed by atoms with van der Waals surface area (Å²) in [5.74, 6) is 5.58. The van der Waals surface area contributed by atoms with Crippen LogP contribution in [-0.2, 0) is 0 Å². The second-order valence-corrected chi connectivity index (χ2v) is 3.96. The van der Waals surface area contributed by atoms with Crippen molar-refractivity contribution in [3.8, 4) is 5.88 Å². The van der Waals surface area contributed by atoms with Gasteiger partial charge in [-0.2, -0.15) is 4.98 Å². The van der Waals surface area contributed by atoms with E-state index in [4.69, 9.17) is 10.6 Å². The van der Waals surface area contributed by atoms with Crippen LogP contribution in [0, 0.1) is 10.1 Å². The highest BCUT2D eigenvalue weighted by molar-refractivity contribution is 5.47. The van der Waals surface area contributed by atoms with E-state index in [-0.39, 0.29) is 17.4 Å². The number of hydrogen-bond donors (Lipinski definition) is 2. The fourth-order valence-corrected chi connectivity index (χ4v) is 1.30. The molecule has 100 valence electrons. The van der Waals surface area contributed by atoms with Gasteiger partial charge in [0, 0.05) is 6.54 Å². The van der Waals surface area contributed by atoms with Gasteiger partial charge in [-0.25, -0.2) is 5.84 Å². The summed E-state index contributed by atoms with van der Waals surface area (Å²) >= 11 is 0. The molecule has 0 saturated carbocycles. The highest BCUT2D eigenvalue weighted by atomic mass is 16.6. The molecule has 1 rings (SSSR count). The van der Waals surface area contributed by atoms with Crippen LogP contribution < -0.4 is 16.0 Å². The minimum atomic E-state index is -0.519. The molecule has 0 radical (unpaired) electrons. The Kier molecular flexibility index (Phi) is 5.28. The van der Waals surface area contributed by atoms with E-state index in [1.54, 1.807) is 0 Å². The number of ether oxygens (including phenoxy) is 1. The topological polar surface area (TPSA) is 107 Å². The minimum absolute atomic E-state index is 0.111. The lowest BCUT2D eigenvalue weighted by atomic mass is 10.4. The largest absolute Gasteiger partial charge is 0.477 e. The number of hydrazine groups is 1. The van der Waals surface area contributed by atoms with E-state index in [1.807, 2.05) is 19.0 Å². The number of nitrogens with two attached hydrogens (primary N) is 1.